The second-order valence-electron chi connectivity index (χ2n) is 3.11. The van der Waals surface area contributed by atoms with Crippen LogP contribution in [0.15, 0.2) is 11.6 Å². The van der Waals surface area contributed by atoms with Crippen molar-refractivity contribution in [1.82, 2.24) is 0 Å². The van der Waals surface area contributed by atoms with Crippen LogP contribution in [0.5, 0.6) is 0 Å². The monoisotopic (exact) mass is 202 g/mol. The predicted octanol–water partition coefficient (Wildman–Crippen LogP) is -1.12. The second-order valence-corrected chi connectivity index (χ2v) is 3.11. The van der Waals surface area contributed by atoms with Crippen molar-refractivity contribution in [3.8, 4) is 0 Å². The minimum atomic E-state index is -0.867. The van der Waals surface area contributed by atoms with Gasteiger partial charge in [-0.05, 0) is 12.8 Å². The number of hydrogen-bond donors (Lipinski definition) is 4. The maximum absolute atomic E-state index is 10.9. The molecule has 0 rings (SSSR count). The molecule has 2 atom stereocenters. The van der Waals surface area contributed by atoms with Gasteiger partial charge in [-0.1, -0.05) is 13.0 Å². The van der Waals surface area contributed by atoms with Crippen LogP contribution in [0, 0.1) is 0 Å². The third-order valence-corrected chi connectivity index (χ3v) is 1.94. The number of carbonyl (C=O) groups excluding carboxylic acids is 1. The summed E-state index contributed by atoms with van der Waals surface area (Å²) in [7, 11) is 0. The zero-order valence-electron chi connectivity index (χ0n) is 8.31. The molecule has 2 unspecified atom stereocenters. The first-order valence-corrected chi connectivity index (χ1v) is 4.57. The Hall–Kier alpha value is -0.910. The normalized spacial score (nSPS) is 16.4. The number of carbonyl (C=O) groups is 1. The lowest BCUT2D eigenvalue weighted by molar-refractivity contribution is -0.114. The van der Waals surface area contributed by atoms with E-state index in [0.29, 0.717) is 12.0 Å². The molecule has 0 aliphatic carbocycles. The van der Waals surface area contributed by atoms with Gasteiger partial charge in [-0.15, -0.1) is 0 Å². The Morgan fingerprint density at radius 2 is 2.14 bits per heavy atom. The summed E-state index contributed by atoms with van der Waals surface area (Å²) in [6, 6.07) is -0.404. The van der Waals surface area contributed by atoms with E-state index in [1.807, 2.05) is 6.92 Å². The molecule has 14 heavy (non-hydrogen) atoms. The Balaban J connectivity index is 4.41. The van der Waals surface area contributed by atoms with Crippen LogP contribution in [-0.4, -0.2) is 34.9 Å². The Labute approximate surface area is 83.4 Å². The van der Waals surface area contributed by atoms with Gasteiger partial charge in [0.05, 0.1) is 12.7 Å². The van der Waals surface area contributed by atoms with Crippen LogP contribution in [0.1, 0.15) is 19.8 Å². The highest BCUT2D eigenvalue weighted by atomic mass is 16.3. The lowest BCUT2D eigenvalue weighted by Crippen LogP contribution is -2.31. The first-order chi connectivity index (χ1) is 6.52. The molecule has 82 valence electrons. The average Bonchev–Trinajstić information content (AvgIpc) is 2.16. The van der Waals surface area contributed by atoms with E-state index in [1.165, 1.54) is 6.08 Å². The van der Waals surface area contributed by atoms with E-state index in [0.717, 1.165) is 0 Å². The fraction of sp³-hybridized carbons (Fsp3) is 0.667. The summed E-state index contributed by atoms with van der Waals surface area (Å²) in [6.45, 7) is 1.49. The van der Waals surface area contributed by atoms with Gasteiger partial charge in [0.25, 0.3) is 0 Å². The van der Waals surface area contributed by atoms with Gasteiger partial charge in [-0.3, -0.25) is 4.79 Å². The summed E-state index contributed by atoms with van der Waals surface area (Å²) in [5.74, 6) is -0.579. The quantitative estimate of drug-likeness (QED) is 0.409. The van der Waals surface area contributed by atoms with Gasteiger partial charge in [-0.2, -0.15) is 0 Å². The maximum atomic E-state index is 10.9. The molecule has 0 aromatic heterocycles. The summed E-state index contributed by atoms with van der Waals surface area (Å²) in [5, 5.41) is 17.6. The molecule has 5 heteroatoms. The van der Waals surface area contributed by atoms with E-state index in [1.54, 1.807) is 0 Å². The molecule has 0 spiro atoms. The Morgan fingerprint density at radius 3 is 2.50 bits per heavy atom. The van der Waals surface area contributed by atoms with Gasteiger partial charge in [-0.25, -0.2) is 0 Å². The highest BCUT2D eigenvalue weighted by molar-refractivity contribution is 5.93. The van der Waals surface area contributed by atoms with Crippen molar-refractivity contribution < 1.29 is 15.0 Å². The summed E-state index contributed by atoms with van der Waals surface area (Å²) in [4.78, 5) is 10.9. The van der Waals surface area contributed by atoms with Crippen molar-refractivity contribution in [2.45, 2.75) is 31.9 Å². The van der Waals surface area contributed by atoms with E-state index in [4.69, 9.17) is 21.7 Å². The molecular formula is C9H18N2O3. The van der Waals surface area contributed by atoms with Crippen molar-refractivity contribution in [1.29, 1.82) is 0 Å². The first-order valence-electron chi connectivity index (χ1n) is 4.57. The molecule has 0 fully saturated rings. The average molecular weight is 202 g/mol. The molecular weight excluding hydrogens is 184 g/mol. The highest BCUT2D eigenvalue weighted by Crippen LogP contribution is 2.06. The number of primary amides is 1. The lowest BCUT2D eigenvalue weighted by atomic mass is 10.0. The fourth-order valence-corrected chi connectivity index (χ4v) is 0.992. The molecule has 0 aromatic rings. The number of rotatable bonds is 6. The highest BCUT2D eigenvalue weighted by Gasteiger charge is 2.13. The van der Waals surface area contributed by atoms with E-state index in [-0.39, 0.29) is 13.0 Å². The summed E-state index contributed by atoms with van der Waals surface area (Å²) in [6.07, 6.45) is 1.40. The number of aliphatic hydroxyl groups excluding tert-OH is 2. The topological polar surface area (TPSA) is 110 Å². The minimum absolute atomic E-state index is 0.183. The molecule has 0 heterocycles. The number of hydrogen-bond acceptors (Lipinski definition) is 4. The smallest absolute Gasteiger partial charge is 0.245 e. The number of nitrogens with two attached hydrogens (primary N) is 2. The molecule has 0 aliphatic heterocycles. The molecule has 0 saturated heterocycles. The van der Waals surface area contributed by atoms with E-state index >= 15 is 0 Å². The Kier molecular flexibility index (Phi) is 6.11. The molecule has 0 saturated carbocycles. The van der Waals surface area contributed by atoms with Gasteiger partial charge in [0, 0.05) is 11.6 Å². The summed E-state index contributed by atoms with van der Waals surface area (Å²) in [5.41, 5.74) is 11.0. The number of amides is 1. The van der Waals surface area contributed by atoms with Crippen LogP contribution in [0.4, 0.5) is 0 Å². The molecule has 0 aromatic carbocycles. The van der Waals surface area contributed by atoms with Crippen LogP contribution in [0.2, 0.25) is 0 Å². The third kappa shape index (κ3) is 4.36. The molecule has 5 nitrogen and oxygen atoms in total. The van der Waals surface area contributed by atoms with Crippen LogP contribution in [0.3, 0.4) is 0 Å². The lowest BCUT2D eigenvalue weighted by Gasteiger charge is -2.11. The zero-order valence-corrected chi connectivity index (χ0v) is 8.31. The standard InChI is InChI=1S/C9H18N2O3/c1-2-8(10)7(9(11)14)4-3-6(13)5-12/h4,6,8,12-13H,2-3,5,10H2,1H3,(H2,11,14). The predicted molar refractivity (Wildman–Crippen MR) is 53.3 cm³/mol. The zero-order chi connectivity index (χ0) is 11.1. The van der Waals surface area contributed by atoms with Crippen molar-refractivity contribution in [2.75, 3.05) is 6.61 Å². The van der Waals surface area contributed by atoms with E-state index in [2.05, 4.69) is 0 Å². The molecule has 6 N–H and O–H groups in total. The van der Waals surface area contributed by atoms with Gasteiger partial charge < -0.3 is 21.7 Å². The number of aliphatic hydroxyl groups is 2. The Morgan fingerprint density at radius 1 is 1.57 bits per heavy atom. The first kappa shape index (κ1) is 13.1. The maximum Gasteiger partial charge on any atom is 0.245 e. The molecule has 0 aliphatic rings. The van der Waals surface area contributed by atoms with E-state index < -0.39 is 18.1 Å². The van der Waals surface area contributed by atoms with Crippen molar-refractivity contribution >= 4 is 5.91 Å². The molecule has 0 bridgehead atoms. The van der Waals surface area contributed by atoms with Crippen LogP contribution < -0.4 is 11.5 Å². The van der Waals surface area contributed by atoms with Gasteiger partial charge in [0.2, 0.25) is 5.91 Å². The van der Waals surface area contributed by atoms with Crippen molar-refractivity contribution in [3.05, 3.63) is 11.6 Å². The second kappa shape index (κ2) is 6.53. The molecule has 0 radical (unpaired) electrons. The van der Waals surface area contributed by atoms with Gasteiger partial charge >= 0.3 is 0 Å². The largest absolute Gasteiger partial charge is 0.394 e. The van der Waals surface area contributed by atoms with Crippen LogP contribution >= 0.6 is 0 Å². The summed E-state index contributed by atoms with van der Waals surface area (Å²) >= 11 is 0. The summed E-state index contributed by atoms with van der Waals surface area (Å²) < 4.78 is 0. The third-order valence-electron chi connectivity index (χ3n) is 1.94. The van der Waals surface area contributed by atoms with Gasteiger partial charge in [0.1, 0.15) is 0 Å². The SMILES string of the molecule is CCC(N)C(=CCC(O)CO)C(N)=O. The Bertz CT molecular complexity index is 216. The minimum Gasteiger partial charge on any atom is -0.394 e. The fourth-order valence-electron chi connectivity index (χ4n) is 0.992. The van der Waals surface area contributed by atoms with Crippen molar-refractivity contribution in [3.63, 3.8) is 0 Å². The van der Waals surface area contributed by atoms with Crippen molar-refractivity contribution in [2.24, 2.45) is 11.5 Å². The van der Waals surface area contributed by atoms with Gasteiger partial charge in [0.15, 0.2) is 0 Å². The van der Waals surface area contributed by atoms with E-state index in [9.17, 15) is 4.79 Å². The molecule has 1 amide bonds. The van der Waals surface area contributed by atoms with Crippen LogP contribution in [0.25, 0.3) is 0 Å². The van der Waals surface area contributed by atoms with Crippen LogP contribution in [-0.2, 0) is 4.79 Å².